The van der Waals surface area contributed by atoms with Crippen molar-refractivity contribution in [1.82, 2.24) is 4.57 Å². The number of benzene rings is 3. The number of fused-ring (bicyclic) bond motifs is 1. The lowest BCUT2D eigenvalue weighted by atomic mass is 9.95. The summed E-state index contributed by atoms with van der Waals surface area (Å²) >= 11 is 17.2. The third-order valence-electron chi connectivity index (χ3n) is 6.61. The van der Waals surface area contributed by atoms with Gasteiger partial charge in [-0.25, -0.2) is 9.79 Å². The maximum atomic E-state index is 14.2. The second-order valence-electron chi connectivity index (χ2n) is 10.0. The smallest absolute Gasteiger partial charge is 0.338 e. The van der Waals surface area contributed by atoms with Crippen LogP contribution < -0.4 is 24.4 Å². The molecule has 1 aliphatic heterocycles. The van der Waals surface area contributed by atoms with Crippen LogP contribution in [0.3, 0.4) is 0 Å². The first-order valence-electron chi connectivity index (χ1n) is 13.3. The maximum absolute atomic E-state index is 14.2. The van der Waals surface area contributed by atoms with Crippen molar-refractivity contribution in [2.45, 2.75) is 39.5 Å². The van der Waals surface area contributed by atoms with Crippen LogP contribution in [0, 0.1) is 0 Å². The van der Waals surface area contributed by atoms with Gasteiger partial charge in [0.15, 0.2) is 4.80 Å². The van der Waals surface area contributed by atoms with Crippen molar-refractivity contribution < 1.29 is 19.0 Å². The van der Waals surface area contributed by atoms with E-state index < -0.39 is 12.0 Å². The summed E-state index contributed by atoms with van der Waals surface area (Å²) in [6.45, 7) is 5.56. The highest BCUT2D eigenvalue weighted by Gasteiger charge is 2.35. The van der Waals surface area contributed by atoms with E-state index in [9.17, 15) is 9.59 Å². The molecule has 7 nitrogen and oxygen atoms in total. The second-order valence-corrected chi connectivity index (χ2v) is 12.8. The molecule has 0 N–H and O–H groups in total. The van der Waals surface area contributed by atoms with Crippen molar-refractivity contribution in [3.63, 3.8) is 0 Å². The summed E-state index contributed by atoms with van der Waals surface area (Å²) in [4.78, 5) is 32.7. The van der Waals surface area contributed by atoms with E-state index in [4.69, 9.17) is 37.4 Å². The van der Waals surface area contributed by atoms with Crippen molar-refractivity contribution in [1.29, 1.82) is 0 Å². The zero-order chi connectivity index (χ0) is 30.8. The number of ether oxygens (including phenoxy) is 3. The average molecular weight is 702 g/mol. The molecule has 2 heterocycles. The highest BCUT2D eigenvalue weighted by molar-refractivity contribution is 9.10. The molecule has 5 rings (SSSR count). The Labute approximate surface area is 270 Å². The molecule has 1 aliphatic rings. The Hall–Kier alpha value is -3.37. The lowest BCUT2D eigenvalue weighted by Gasteiger charge is -2.26. The number of aromatic nitrogens is 1. The minimum absolute atomic E-state index is 0.261. The van der Waals surface area contributed by atoms with Gasteiger partial charge in [-0.3, -0.25) is 9.36 Å². The van der Waals surface area contributed by atoms with Gasteiger partial charge in [-0.05, 0) is 80.9 Å². The summed E-state index contributed by atoms with van der Waals surface area (Å²) in [5.74, 6) is 0.501. The number of carbonyl (C=O) groups is 1. The van der Waals surface area contributed by atoms with E-state index in [0.29, 0.717) is 47.7 Å². The molecule has 0 bridgehead atoms. The van der Waals surface area contributed by atoms with Gasteiger partial charge < -0.3 is 14.2 Å². The quantitative estimate of drug-likeness (QED) is 0.188. The Morgan fingerprint density at radius 3 is 2.56 bits per heavy atom. The molecule has 222 valence electrons. The van der Waals surface area contributed by atoms with Crippen LogP contribution >= 0.6 is 50.5 Å². The SMILES string of the molecule is COc1ccc(Br)cc1[C@@H]1C(C(=O)OC(C)C)=C(C)N=c2s/c(=C\c3cc(Cl)ccc3OCc3cccc(Cl)c3)c(=O)n21. The summed E-state index contributed by atoms with van der Waals surface area (Å²) in [6.07, 6.45) is 1.36. The van der Waals surface area contributed by atoms with Crippen LogP contribution in [0.2, 0.25) is 10.0 Å². The molecule has 0 saturated carbocycles. The predicted molar refractivity (Wildman–Crippen MR) is 173 cm³/mol. The summed E-state index contributed by atoms with van der Waals surface area (Å²) < 4.78 is 20.1. The third kappa shape index (κ3) is 6.75. The van der Waals surface area contributed by atoms with E-state index in [2.05, 4.69) is 20.9 Å². The maximum Gasteiger partial charge on any atom is 0.338 e. The van der Waals surface area contributed by atoms with Gasteiger partial charge in [0.1, 0.15) is 24.1 Å². The Morgan fingerprint density at radius 1 is 1.09 bits per heavy atom. The normalized spacial score (nSPS) is 14.9. The first-order chi connectivity index (χ1) is 20.5. The summed E-state index contributed by atoms with van der Waals surface area (Å²) in [5.41, 5.74) is 2.51. The number of rotatable bonds is 8. The first-order valence-corrected chi connectivity index (χ1v) is 15.7. The number of hydrogen-bond donors (Lipinski definition) is 0. The average Bonchev–Trinajstić information content (AvgIpc) is 3.25. The molecule has 4 aromatic rings. The largest absolute Gasteiger partial charge is 0.496 e. The number of esters is 1. The fourth-order valence-corrected chi connectivity index (χ4v) is 6.58. The van der Waals surface area contributed by atoms with E-state index in [1.165, 1.54) is 15.9 Å². The Kier molecular flexibility index (Phi) is 9.46. The molecule has 1 aromatic heterocycles. The van der Waals surface area contributed by atoms with Gasteiger partial charge in [0.2, 0.25) is 0 Å². The number of allylic oxidation sites excluding steroid dienone is 1. The molecule has 0 saturated heterocycles. The third-order valence-corrected chi connectivity index (χ3v) is 8.56. The molecular weight excluding hydrogens is 675 g/mol. The summed E-state index contributed by atoms with van der Waals surface area (Å²) in [5, 5.41) is 1.10. The fraction of sp³-hybridized carbons (Fsp3) is 0.219. The molecule has 0 radical (unpaired) electrons. The van der Waals surface area contributed by atoms with Gasteiger partial charge >= 0.3 is 5.97 Å². The molecule has 0 spiro atoms. The van der Waals surface area contributed by atoms with Crippen LogP contribution in [0.4, 0.5) is 0 Å². The van der Waals surface area contributed by atoms with Crippen LogP contribution in [0.15, 0.2) is 86.2 Å². The van der Waals surface area contributed by atoms with E-state index in [1.807, 2.05) is 30.3 Å². The van der Waals surface area contributed by atoms with Crippen LogP contribution in [0.1, 0.15) is 43.5 Å². The number of halogens is 3. The van der Waals surface area contributed by atoms with Gasteiger partial charge in [-0.2, -0.15) is 0 Å². The van der Waals surface area contributed by atoms with E-state index in [1.54, 1.807) is 64.3 Å². The van der Waals surface area contributed by atoms with Crippen LogP contribution in [0.5, 0.6) is 11.5 Å². The van der Waals surface area contributed by atoms with Crippen LogP contribution in [-0.2, 0) is 16.1 Å². The molecule has 43 heavy (non-hydrogen) atoms. The number of carbonyl (C=O) groups excluding carboxylic acids is 1. The molecule has 0 amide bonds. The first kappa shape index (κ1) is 31.1. The monoisotopic (exact) mass is 700 g/mol. The highest BCUT2D eigenvalue weighted by Crippen LogP contribution is 2.37. The van der Waals surface area contributed by atoms with Crippen molar-refractivity contribution in [2.24, 2.45) is 4.99 Å². The number of thiazole rings is 1. The molecule has 0 aliphatic carbocycles. The van der Waals surface area contributed by atoms with Crippen LogP contribution in [-0.4, -0.2) is 23.8 Å². The van der Waals surface area contributed by atoms with Crippen molar-refractivity contribution in [2.75, 3.05) is 7.11 Å². The zero-order valence-electron chi connectivity index (χ0n) is 23.7. The lowest BCUT2D eigenvalue weighted by molar-refractivity contribution is -0.143. The van der Waals surface area contributed by atoms with Gasteiger partial charge in [-0.15, -0.1) is 0 Å². The Bertz CT molecular complexity index is 1930. The Balaban J connectivity index is 1.66. The van der Waals surface area contributed by atoms with Gasteiger partial charge in [-0.1, -0.05) is 62.6 Å². The Morgan fingerprint density at radius 2 is 1.84 bits per heavy atom. The van der Waals surface area contributed by atoms with Crippen molar-refractivity contribution in [3.8, 4) is 11.5 Å². The van der Waals surface area contributed by atoms with Gasteiger partial charge in [0, 0.05) is 25.6 Å². The number of nitrogens with zero attached hydrogens (tertiary/aromatic N) is 2. The molecule has 0 fully saturated rings. The fourth-order valence-electron chi connectivity index (χ4n) is 4.77. The van der Waals surface area contributed by atoms with Crippen molar-refractivity contribution >= 4 is 62.5 Å². The predicted octanol–water partition coefficient (Wildman–Crippen LogP) is 6.84. The van der Waals surface area contributed by atoms with Crippen molar-refractivity contribution in [3.05, 3.63) is 123 Å². The zero-order valence-corrected chi connectivity index (χ0v) is 27.6. The lowest BCUT2D eigenvalue weighted by Crippen LogP contribution is -2.40. The molecule has 1 atom stereocenters. The van der Waals surface area contributed by atoms with E-state index in [-0.39, 0.29) is 23.8 Å². The molecular formula is C32H27BrCl2N2O5S. The number of methoxy groups -OCH3 is 1. The molecule has 11 heteroatoms. The summed E-state index contributed by atoms with van der Waals surface area (Å²) in [6, 6.07) is 17.2. The second kappa shape index (κ2) is 13.1. The molecule has 3 aromatic carbocycles. The van der Waals surface area contributed by atoms with E-state index >= 15 is 0 Å². The highest BCUT2D eigenvalue weighted by atomic mass is 79.9. The van der Waals surface area contributed by atoms with Crippen LogP contribution in [0.25, 0.3) is 6.08 Å². The molecule has 0 unspecified atom stereocenters. The number of hydrogen-bond acceptors (Lipinski definition) is 7. The topological polar surface area (TPSA) is 79.1 Å². The van der Waals surface area contributed by atoms with E-state index in [0.717, 1.165) is 10.0 Å². The standard InChI is InChI=1S/C32H27BrCl2N2O5S/c1-17(2)42-31(39)28-18(3)36-32-37(29(28)24-15-21(33)8-10-26(24)40-4)30(38)27(43-32)14-20-13-23(35)9-11-25(20)41-16-19-6-5-7-22(34)12-19/h5-15,17,29H,16H2,1-4H3/b27-14-/t29-/m1/s1. The minimum Gasteiger partial charge on any atom is -0.496 e. The summed E-state index contributed by atoms with van der Waals surface area (Å²) in [7, 11) is 1.54. The minimum atomic E-state index is -0.838. The van der Waals surface area contributed by atoms with Gasteiger partial charge in [0.05, 0.1) is 29.0 Å². The van der Waals surface area contributed by atoms with Gasteiger partial charge in [0.25, 0.3) is 5.56 Å².